The second-order valence-corrected chi connectivity index (χ2v) is 10.1. The molecule has 2 aromatic carbocycles. The third-order valence-electron chi connectivity index (χ3n) is 7.57. The van der Waals surface area contributed by atoms with E-state index in [0.717, 1.165) is 26.2 Å². The maximum absolute atomic E-state index is 13.4. The van der Waals surface area contributed by atoms with Gasteiger partial charge in [0.25, 0.3) is 5.56 Å². The fraction of sp³-hybridized carbons (Fsp3) is 0.448. The second-order valence-electron chi connectivity index (χ2n) is 10.1. The Kier molecular flexibility index (Phi) is 8.51. The fourth-order valence-electron chi connectivity index (χ4n) is 5.37. The zero-order valence-corrected chi connectivity index (χ0v) is 22.2. The van der Waals surface area contributed by atoms with Crippen LogP contribution in [0, 0.1) is 5.82 Å². The van der Waals surface area contributed by atoms with E-state index in [0.29, 0.717) is 28.7 Å². The van der Waals surface area contributed by atoms with Crippen LogP contribution in [-0.2, 0) is 17.8 Å². The Labute approximate surface area is 227 Å². The van der Waals surface area contributed by atoms with Gasteiger partial charge in [-0.05, 0) is 48.7 Å². The maximum atomic E-state index is 13.4. The predicted molar refractivity (Wildman–Crippen MR) is 144 cm³/mol. The van der Waals surface area contributed by atoms with Crippen LogP contribution in [0.4, 0.5) is 4.39 Å². The van der Waals surface area contributed by atoms with Gasteiger partial charge in [-0.15, -0.1) is 10.2 Å². The summed E-state index contributed by atoms with van der Waals surface area (Å²) in [4.78, 5) is 32.7. The number of hydrogen-bond donors (Lipinski definition) is 1. The quantitative estimate of drug-likeness (QED) is 0.447. The number of piperazine rings is 1. The Morgan fingerprint density at radius 3 is 2.56 bits per heavy atom. The monoisotopic (exact) mass is 535 g/mol. The largest absolute Gasteiger partial charge is 0.493 e. The number of halogens is 1. The molecule has 1 saturated heterocycles. The number of ether oxygens (including phenoxy) is 2. The Morgan fingerprint density at radius 1 is 1.05 bits per heavy atom. The van der Waals surface area contributed by atoms with E-state index in [4.69, 9.17) is 9.47 Å². The van der Waals surface area contributed by atoms with E-state index in [1.54, 1.807) is 30.3 Å². The number of aromatic amines is 1. The van der Waals surface area contributed by atoms with E-state index in [-0.39, 0.29) is 48.3 Å². The summed E-state index contributed by atoms with van der Waals surface area (Å²) in [6.45, 7) is 3.49. The van der Waals surface area contributed by atoms with Crippen LogP contribution in [0.2, 0.25) is 0 Å². The van der Waals surface area contributed by atoms with Crippen LogP contribution in [-0.4, -0.2) is 70.2 Å². The summed E-state index contributed by atoms with van der Waals surface area (Å²) < 4.78 is 24.7. The van der Waals surface area contributed by atoms with Crippen LogP contribution in [0.15, 0.2) is 47.3 Å². The molecule has 0 radical (unpaired) electrons. The number of aryl methyl sites for hydroxylation is 1. The molecule has 1 N–H and O–H groups in total. The Hall–Kier alpha value is -3.79. The first-order chi connectivity index (χ1) is 19.0. The zero-order valence-electron chi connectivity index (χ0n) is 22.2. The van der Waals surface area contributed by atoms with Crippen molar-refractivity contribution in [1.82, 2.24) is 25.0 Å². The number of benzene rings is 2. The van der Waals surface area contributed by atoms with Gasteiger partial charge >= 0.3 is 0 Å². The number of rotatable bonds is 9. The van der Waals surface area contributed by atoms with Crippen LogP contribution in [0.25, 0.3) is 11.4 Å². The summed E-state index contributed by atoms with van der Waals surface area (Å²) in [6.07, 6.45) is 5.62. The molecule has 1 aromatic heterocycles. The van der Waals surface area contributed by atoms with Crippen LogP contribution in [0.1, 0.15) is 43.4 Å². The summed E-state index contributed by atoms with van der Waals surface area (Å²) in [5.41, 5.74) is 1.15. The van der Waals surface area contributed by atoms with Gasteiger partial charge in [0.15, 0.2) is 17.3 Å². The molecule has 206 valence electrons. The van der Waals surface area contributed by atoms with Gasteiger partial charge in [-0.1, -0.05) is 25.0 Å². The standard InChI is InChI=1S/C29H34FN5O4/c1-38-26-18-21(9-11-25(26)39-19-20-5-4-6-22(30)17-20)28-31-29(37)24(32-33-28)10-12-27(36)35-15-13-34(14-16-35)23-7-2-3-8-23/h4-6,9,11,17-18,23H,2-3,7-8,10,12-16,19H2,1H3,(H,31,33,37). The number of aromatic nitrogens is 3. The first-order valence-electron chi connectivity index (χ1n) is 13.5. The SMILES string of the molecule is COc1cc(-c2nnc(CCC(=O)N3CCN(C4CCCC4)CC3)c(=O)[nH]2)ccc1OCc1cccc(F)c1. The number of amides is 1. The van der Waals surface area contributed by atoms with Crippen molar-refractivity contribution in [2.45, 2.75) is 51.2 Å². The van der Waals surface area contributed by atoms with Gasteiger partial charge in [-0.3, -0.25) is 14.5 Å². The molecule has 1 saturated carbocycles. The molecule has 39 heavy (non-hydrogen) atoms. The van der Waals surface area contributed by atoms with Crippen LogP contribution < -0.4 is 15.0 Å². The van der Waals surface area contributed by atoms with Gasteiger partial charge in [-0.2, -0.15) is 0 Å². The van der Waals surface area contributed by atoms with Crippen LogP contribution in [0.5, 0.6) is 11.5 Å². The minimum absolute atomic E-state index is 0.0462. The molecule has 2 heterocycles. The second kappa shape index (κ2) is 12.4. The molecule has 0 bridgehead atoms. The number of H-pyrrole nitrogens is 1. The van der Waals surface area contributed by atoms with Crippen molar-refractivity contribution in [1.29, 1.82) is 0 Å². The number of carbonyl (C=O) groups excluding carboxylic acids is 1. The molecule has 3 aromatic rings. The summed E-state index contributed by atoms with van der Waals surface area (Å²) in [5, 5.41) is 8.31. The number of methoxy groups -OCH3 is 1. The highest BCUT2D eigenvalue weighted by Gasteiger charge is 2.27. The van der Waals surface area contributed by atoms with Crippen molar-refractivity contribution < 1.29 is 18.7 Å². The topological polar surface area (TPSA) is 101 Å². The molecule has 0 unspecified atom stereocenters. The van der Waals surface area contributed by atoms with Crippen LogP contribution in [0.3, 0.4) is 0 Å². The lowest BCUT2D eigenvalue weighted by Gasteiger charge is -2.38. The molecule has 2 fully saturated rings. The third-order valence-corrected chi connectivity index (χ3v) is 7.57. The Morgan fingerprint density at radius 2 is 1.85 bits per heavy atom. The Bertz CT molecular complexity index is 1350. The lowest BCUT2D eigenvalue weighted by atomic mass is 10.1. The van der Waals surface area contributed by atoms with Crippen LogP contribution >= 0.6 is 0 Å². The van der Waals surface area contributed by atoms with E-state index in [1.807, 2.05) is 4.90 Å². The first-order valence-corrected chi connectivity index (χ1v) is 13.5. The van der Waals surface area contributed by atoms with Crippen molar-refractivity contribution in [3.63, 3.8) is 0 Å². The van der Waals surface area contributed by atoms with Gasteiger partial charge in [0, 0.05) is 50.6 Å². The van der Waals surface area contributed by atoms with E-state index >= 15 is 0 Å². The van der Waals surface area contributed by atoms with Gasteiger partial charge in [-0.25, -0.2) is 4.39 Å². The van der Waals surface area contributed by atoms with Gasteiger partial charge in [0.1, 0.15) is 18.1 Å². The molecule has 1 aliphatic heterocycles. The maximum Gasteiger partial charge on any atom is 0.273 e. The molecule has 0 atom stereocenters. The highest BCUT2D eigenvalue weighted by Crippen LogP contribution is 2.31. The molecular weight excluding hydrogens is 501 g/mol. The highest BCUT2D eigenvalue weighted by molar-refractivity contribution is 5.76. The summed E-state index contributed by atoms with van der Waals surface area (Å²) >= 11 is 0. The summed E-state index contributed by atoms with van der Waals surface area (Å²) in [6, 6.07) is 12.0. The average Bonchev–Trinajstić information content (AvgIpc) is 3.50. The smallest absolute Gasteiger partial charge is 0.273 e. The molecular formula is C29H34FN5O4. The van der Waals surface area contributed by atoms with E-state index in [1.165, 1.54) is 44.9 Å². The van der Waals surface area contributed by atoms with Crippen molar-refractivity contribution in [3.05, 3.63) is 69.9 Å². The molecule has 0 spiro atoms. The zero-order chi connectivity index (χ0) is 27.2. The number of carbonyl (C=O) groups is 1. The molecule has 2 aliphatic rings. The fourth-order valence-corrected chi connectivity index (χ4v) is 5.37. The lowest BCUT2D eigenvalue weighted by molar-refractivity contribution is -0.133. The number of nitrogens with zero attached hydrogens (tertiary/aromatic N) is 4. The van der Waals surface area contributed by atoms with Crippen molar-refractivity contribution in [3.8, 4) is 22.9 Å². The number of nitrogens with one attached hydrogen (secondary N) is 1. The minimum Gasteiger partial charge on any atom is -0.493 e. The summed E-state index contributed by atoms with van der Waals surface area (Å²) in [5.74, 6) is 0.915. The lowest BCUT2D eigenvalue weighted by Crippen LogP contribution is -2.51. The molecule has 5 rings (SSSR count). The number of hydrogen-bond acceptors (Lipinski definition) is 7. The van der Waals surface area contributed by atoms with E-state index in [9.17, 15) is 14.0 Å². The van der Waals surface area contributed by atoms with Gasteiger partial charge in [0.2, 0.25) is 5.91 Å². The molecule has 9 nitrogen and oxygen atoms in total. The van der Waals surface area contributed by atoms with Crippen molar-refractivity contribution in [2.24, 2.45) is 0 Å². The van der Waals surface area contributed by atoms with E-state index < -0.39 is 0 Å². The highest BCUT2D eigenvalue weighted by atomic mass is 19.1. The normalized spacial score (nSPS) is 16.4. The predicted octanol–water partition coefficient (Wildman–Crippen LogP) is 3.58. The third kappa shape index (κ3) is 6.62. The molecule has 1 aliphatic carbocycles. The Balaban J connectivity index is 1.17. The minimum atomic E-state index is -0.371. The van der Waals surface area contributed by atoms with Gasteiger partial charge < -0.3 is 19.4 Å². The molecule has 10 heteroatoms. The van der Waals surface area contributed by atoms with Gasteiger partial charge in [0.05, 0.1) is 7.11 Å². The van der Waals surface area contributed by atoms with Crippen molar-refractivity contribution >= 4 is 5.91 Å². The average molecular weight is 536 g/mol. The van der Waals surface area contributed by atoms with Crippen molar-refractivity contribution in [2.75, 3.05) is 33.3 Å². The first kappa shape index (κ1) is 26.8. The molecule has 1 amide bonds. The van der Waals surface area contributed by atoms with E-state index in [2.05, 4.69) is 20.1 Å². The summed E-state index contributed by atoms with van der Waals surface area (Å²) in [7, 11) is 1.51.